The largest absolute Gasteiger partial charge is 0.204 e. The maximum atomic E-state index is 12.5. The maximum absolute atomic E-state index is 12.5. The predicted molar refractivity (Wildman–Crippen MR) is 38.8 cm³/mol. The topological polar surface area (TPSA) is 0 Å². The lowest BCUT2D eigenvalue weighted by molar-refractivity contribution is 0.502. The second-order valence-corrected chi connectivity index (χ2v) is 2.93. The molecule has 0 amide bonds. The molecule has 0 nitrogen and oxygen atoms in total. The van der Waals surface area contributed by atoms with Gasteiger partial charge in [0.1, 0.15) is 0 Å². The van der Waals surface area contributed by atoms with Gasteiger partial charge >= 0.3 is 0 Å². The highest BCUT2D eigenvalue weighted by atomic mass is 79.9. The standard InChI is InChI=1S/C7H5BrF2/c1-4-2-5(8)3-6(9)7(4)10/h2-3H,1H3. The average Bonchev–Trinajstić information content (AvgIpc) is 1.82. The van der Waals surface area contributed by atoms with E-state index in [9.17, 15) is 8.78 Å². The summed E-state index contributed by atoms with van der Waals surface area (Å²) in [4.78, 5) is 0. The smallest absolute Gasteiger partial charge is 0.161 e. The van der Waals surface area contributed by atoms with Crippen LogP contribution < -0.4 is 0 Å². The van der Waals surface area contributed by atoms with E-state index in [1.54, 1.807) is 0 Å². The molecule has 3 heteroatoms. The number of aryl methyl sites for hydroxylation is 1. The van der Waals surface area contributed by atoms with Crippen LogP contribution in [0, 0.1) is 18.6 Å². The maximum Gasteiger partial charge on any atom is 0.161 e. The van der Waals surface area contributed by atoms with E-state index in [0.717, 1.165) is 6.07 Å². The van der Waals surface area contributed by atoms with Crippen LogP contribution in [0.25, 0.3) is 0 Å². The second-order valence-electron chi connectivity index (χ2n) is 2.02. The van der Waals surface area contributed by atoms with E-state index in [2.05, 4.69) is 15.9 Å². The van der Waals surface area contributed by atoms with Crippen molar-refractivity contribution in [2.75, 3.05) is 0 Å². The lowest BCUT2D eigenvalue weighted by atomic mass is 10.2. The van der Waals surface area contributed by atoms with E-state index < -0.39 is 11.6 Å². The number of halogens is 3. The zero-order chi connectivity index (χ0) is 7.72. The van der Waals surface area contributed by atoms with Gasteiger partial charge in [-0.3, -0.25) is 0 Å². The Bertz CT molecular complexity index is 235. The summed E-state index contributed by atoms with van der Waals surface area (Å²) in [6.45, 7) is 1.52. The number of rotatable bonds is 0. The minimum atomic E-state index is -0.813. The van der Waals surface area contributed by atoms with Gasteiger partial charge in [0.25, 0.3) is 0 Å². The number of hydrogen-bond acceptors (Lipinski definition) is 0. The molecule has 0 saturated heterocycles. The van der Waals surface area contributed by atoms with E-state index in [1.165, 1.54) is 13.0 Å². The predicted octanol–water partition coefficient (Wildman–Crippen LogP) is 3.04. The van der Waals surface area contributed by atoms with Crippen LogP contribution in [0.1, 0.15) is 5.56 Å². The van der Waals surface area contributed by atoms with Crippen molar-refractivity contribution in [1.29, 1.82) is 0 Å². The van der Waals surface area contributed by atoms with Crippen molar-refractivity contribution in [1.82, 2.24) is 0 Å². The molecular formula is C7H5BrF2. The molecule has 0 spiro atoms. The molecule has 0 bridgehead atoms. The molecule has 0 aliphatic rings. The molecule has 0 aliphatic heterocycles. The summed E-state index contributed by atoms with van der Waals surface area (Å²) in [5, 5.41) is 0. The van der Waals surface area contributed by atoms with Crippen LogP contribution in [0.4, 0.5) is 8.78 Å². The van der Waals surface area contributed by atoms with Crippen molar-refractivity contribution < 1.29 is 8.78 Å². The minimum absolute atomic E-state index is 0.312. The van der Waals surface area contributed by atoms with Gasteiger partial charge in [-0.05, 0) is 24.6 Å². The van der Waals surface area contributed by atoms with Crippen LogP contribution in [0.15, 0.2) is 16.6 Å². The van der Waals surface area contributed by atoms with Gasteiger partial charge in [-0.2, -0.15) is 0 Å². The minimum Gasteiger partial charge on any atom is -0.204 e. The lowest BCUT2D eigenvalue weighted by Gasteiger charge is -1.97. The molecule has 0 saturated carbocycles. The molecule has 1 aromatic carbocycles. The van der Waals surface area contributed by atoms with Crippen LogP contribution in [0.2, 0.25) is 0 Å². The highest BCUT2D eigenvalue weighted by Gasteiger charge is 2.04. The van der Waals surface area contributed by atoms with Crippen molar-refractivity contribution >= 4 is 15.9 Å². The molecule has 1 rings (SSSR count). The van der Waals surface area contributed by atoms with Crippen LogP contribution in [0.3, 0.4) is 0 Å². The molecule has 0 N–H and O–H groups in total. The fourth-order valence-electron chi connectivity index (χ4n) is 0.685. The number of hydrogen-bond donors (Lipinski definition) is 0. The van der Waals surface area contributed by atoms with Gasteiger partial charge < -0.3 is 0 Å². The van der Waals surface area contributed by atoms with Crippen molar-refractivity contribution in [3.8, 4) is 0 Å². The van der Waals surface area contributed by atoms with Gasteiger partial charge in [0.15, 0.2) is 11.6 Å². The van der Waals surface area contributed by atoms with Crippen LogP contribution in [-0.4, -0.2) is 0 Å². The average molecular weight is 207 g/mol. The van der Waals surface area contributed by atoms with Gasteiger partial charge in [0.05, 0.1) is 0 Å². The van der Waals surface area contributed by atoms with Crippen molar-refractivity contribution in [3.05, 3.63) is 33.8 Å². The molecule has 0 atom stereocenters. The molecule has 0 heterocycles. The summed E-state index contributed by atoms with van der Waals surface area (Å²) in [6, 6.07) is 2.63. The summed E-state index contributed by atoms with van der Waals surface area (Å²) in [5.41, 5.74) is 0.312. The summed E-state index contributed by atoms with van der Waals surface area (Å²) in [5.74, 6) is -1.59. The first-order valence-electron chi connectivity index (χ1n) is 2.72. The molecule has 0 aromatic heterocycles. The molecule has 54 valence electrons. The van der Waals surface area contributed by atoms with E-state index in [4.69, 9.17) is 0 Å². The Morgan fingerprint density at radius 2 is 1.90 bits per heavy atom. The summed E-state index contributed by atoms with van der Waals surface area (Å²) < 4.78 is 25.5. The summed E-state index contributed by atoms with van der Waals surface area (Å²) in [7, 11) is 0. The third kappa shape index (κ3) is 1.34. The van der Waals surface area contributed by atoms with Crippen LogP contribution in [-0.2, 0) is 0 Å². The number of benzene rings is 1. The molecule has 1 aromatic rings. The molecular weight excluding hydrogens is 202 g/mol. The van der Waals surface area contributed by atoms with Crippen LogP contribution >= 0.6 is 15.9 Å². The highest BCUT2D eigenvalue weighted by molar-refractivity contribution is 9.10. The Labute approximate surface area is 66.0 Å². The molecule has 10 heavy (non-hydrogen) atoms. The first-order valence-corrected chi connectivity index (χ1v) is 3.51. The molecule has 0 aliphatic carbocycles. The first kappa shape index (κ1) is 7.66. The van der Waals surface area contributed by atoms with Gasteiger partial charge in [-0.15, -0.1) is 0 Å². The van der Waals surface area contributed by atoms with E-state index >= 15 is 0 Å². The Morgan fingerprint density at radius 1 is 1.30 bits per heavy atom. The van der Waals surface area contributed by atoms with Gasteiger partial charge in [-0.1, -0.05) is 15.9 Å². The third-order valence-electron chi connectivity index (χ3n) is 1.17. The zero-order valence-corrected chi connectivity index (χ0v) is 6.87. The Balaban J connectivity index is 3.31. The molecule has 0 radical (unpaired) electrons. The van der Waals surface area contributed by atoms with Crippen molar-refractivity contribution in [2.45, 2.75) is 6.92 Å². The Hall–Kier alpha value is -0.440. The van der Waals surface area contributed by atoms with Crippen molar-refractivity contribution in [3.63, 3.8) is 0 Å². The summed E-state index contributed by atoms with van der Waals surface area (Å²) >= 11 is 3.04. The van der Waals surface area contributed by atoms with Gasteiger partial charge in [0.2, 0.25) is 0 Å². The fraction of sp³-hybridized carbons (Fsp3) is 0.143. The van der Waals surface area contributed by atoms with Gasteiger partial charge in [-0.25, -0.2) is 8.78 Å². The zero-order valence-electron chi connectivity index (χ0n) is 5.29. The Morgan fingerprint density at radius 3 is 2.40 bits per heavy atom. The van der Waals surface area contributed by atoms with E-state index in [0.29, 0.717) is 10.0 Å². The van der Waals surface area contributed by atoms with Gasteiger partial charge in [0, 0.05) is 4.47 Å². The SMILES string of the molecule is Cc1cc(Br)cc(F)c1F. The molecule has 0 unspecified atom stereocenters. The van der Waals surface area contributed by atoms with Crippen LogP contribution in [0.5, 0.6) is 0 Å². The van der Waals surface area contributed by atoms with E-state index in [-0.39, 0.29) is 0 Å². The lowest BCUT2D eigenvalue weighted by Crippen LogP contribution is -1.87. The van der Waals surface area contributed by atoms with E-state index in [1.807, 2.05) is 0 Å². The Kier molecular flexibility index (Phi) is 2.04. The first-order chi connectivity index (χ1) is 4.61. The fourth-order valence-corrected chi connectivity index (χ4v) is 1.23. The van der Waals surface area contributed by atoms with Crippen molar-refractivity contribution in [2.24, 2.45) is 0 Å². The second kappa shape index (κ2) is 2.66. The normalized spacial score (nSPS) is 10.0. The quantitative estimate of drug-likeness (QED) is 0.573. The summed E-state index contributed by atoms with van der Waals surface area (Å²) in [6.07, 6.45) is 0. The molecule has 0 fully saturated rings. The third-order valence-corrected chi connectivity index (χ3v) is 1.63. The monoisotopic (exact) mass is 206 g/mol. The highest BCUT2D eigenvalue weighted by Crippen LogP contribution is 2.17.